The predicted molar refractivity (Wildman–Crippen MR) is 49.1 cm³/mol. The SMILES string of the molecule is CCOC(=O)C1CC(O)C=C1CC. The molecule has 0 aromatic rings. The number of carbonyl (C=O) groups excluding carboxylic acids is 1. The molecular weight excluding hydrogens is 168 g/mol. The van der Waals surface area contributed by atoms with Gasteiger partial charge in [-0.1, -0.05) is 18.6 Å². The molecule has 3 nitrogen and oxygen atoms in total. The van der Waals surface area contributed by atoms with Crippen molar-refractivity contribution in [1.29, 1.82) is 0 Å². The van der Waals surface area contributed by atoms with E-state index in [1.807, 2.05) is 6.92 Å². The molecule has 0 aromatic heterocycles. The van der Waals surface area contributed by atoms with Gasteiger partial charge in [0.05, 0.1) is 18.6 Å². The highest BCUT2D eigenvalue weighted by Crippen LogP contribution is 2.29. The van der Waals surface area contributed by atoms with Crippen LogP contribution in [0.15, 0.2) is 11.6 Å². The van der Waals surface area contributed by atoms with Crippen LogP contribution in [0.3, 0.4) is 0 Å². The normalized spacial score (nSPS) is 27.2. The molecule has 1 aliphatic carbocycles. The second kappa shape index (κ2) is 4.42. The summed E-state index contributed by atoms with van der Waals surface area (Å²) in [6.45, 7) is 4.18. The predicted octanol–water partition coefficient (Wildman–Crippen LogP) is 1.27. The number of hydrogen-bond acceptors (Lipinski definition) is 3. The highest BCUT2D eigenvalue weighted by Gasteiger charge is 2.30. The maximum absolute atomic E-state index is 11.4. The van der Waals surface area contributed by atoms with Crippen LogP contribution in [0, 0.1) is 5.92 Å². The molecule has 0 heterocycles. The van der Waals surface area contributed by atoms with E-state index in [1.54, 1.807) is 13.0 Å². The van der Waals surface area contributed by atoms with Crippen molar-refractivity contribution in [3.63, 3.8) is 0 Å². The maximum atomic E-state index is 11.4. The van der Waals surface area contributed by atoms with Crippen LogP contribution in [-0.2, 0) is 9.53 Å². The third-order valence-electron chi connectivity index (χ3n) is 2.31. The van der Waals surface area contributed by atoms with Gasteiger partial charge < -0.3 is 9.84 Å². The third-order valence-corrected chi connectivity index (χ3v) is 2.31. The fourth-order valence-electron chi connectivity index (χ4n) is 1.68. The number of rotatable bonds is 3. The summed E-state index contributed by atoms with van der Waals surface area (Å²) in [6.07, 6.45) is 2.59. The molecule has 0 aliphatic heterocycles. The van der Waals surface area contributed by atoms with Crippen LogP contribution in [0.4, 0.5) is 0 Å². The number of ether oxygens (including phenoxy) is 1. The second-order valence-electron chi connectivity index (χ2n) is 3.20. The number of aliphatic hydroxyl groups excluding tert-OH is 1. The first kappa shape index (κ1) is 10.3. The Kier molecular flexibility index (Phi) is 3.48. The van der Waals surface area contributed by atoms with Gasteiger partial charge in [-0.2, -0.15) is 0 Å². The lowest BCUT2D eigenvalue weighted by Gasteiger charge is -2.11. The van der Waals surface area contributed by atoms with Gasteiger partial charge in [0.15, 0.2) is 0 Å². The number of carbonyl (C=O) groups is 1. The topological polar surface area (TPSA) is 46.5 Å². The van der Waals surface area contributed by atoms with Crippen molar-refractivity contribution < 1.29 is 14.6 Å². The van der Waals surface area contributed by atoms with Gasteiger partial charge in [0.25, 0.3) is 0 Å². The van der Waals surface area contributed by atoms with Gasteiger partial charge in [-0.15, -0.1) is 0 Å². The average Bonchev–Trinajstić information content (AvgIpc) is 2.47. The summed E-state index contributed by atoms with van der Waals surface area (Å²) in [4.78, 5) is 11.4. The van der Waals surface area contributed by atoms with Gasteiger partial charge in [-0.3, -0.25) is 4.79 Å². The monoisotopic (exact) mass is 184 g/mol. The zero-order valence-corrected chi connectivity index (χ0v) is 8.12. The van der Waals surface area contributed by atoms with E-state index in [9.17, 15) is 9.90 Å². The molecule has 0 fully saturated rings. The first-order chi connectivity index (χ1) is 6.19. The highest BCUT2D eigenvalue weighted by molar-refractivity contribution is 5.76. The molecular formula is C10H16O3. The summed E-state index contributed by atoms with van der Waals surface area (Å²) in [5.41, 5.74) is 1.01. The molecule has 1 rings (SSSR count). The molecule has 2 unspecified atom stereocenters. The molecule has 0 radical (unpaired) electrons. The molecule has 2 atom stereocenters. The summed E-state index contributed by atoms with van der Waals surface area (Å²) in [6, 6.07) is 0. The quantitative estimate of drug-likeness (QED) is 0.530. The van der Waals surface area contributed by atoms with Gasteiger partial charge >= 0.3 is 5.97 Å². The Balaban J connectivity index is 2.61. The van der Waals surface area contributed by atoms with Crippen molar-refractivity contribution in [3.8, 4) is 0 Å². The van der Waals surface area contributed by atoms with Crippen molar-refractivity contribution in [2.75, 3.05) is 6.61 Å². The van der Waals surface area contributed by atoms with E-state index in [1.165, 1.54) is 0 Å². The minimum absolute atomic E-state index is 0.202. The van der Waals surface area contributed by atoms with Crippen molar-refractivity contribution >= 4 is 5.97 Å². The van der Waals surface area contributed by atoms with Gasteiger partial charge in [-0.25, -0.2) is 0 Å². The van der Waals surface area contributed by atoms with Crippen LogP contribution in [0.2, 0.25) is 0 Å². The Bertz CT molecular complexity index is 220. The zero-order valence-electron chi connectivity index (χ0n) is 8.12. The zero-order chi connectivity index (χ0) is 9.84. The summed E-state index contributed by atoms with van der Waals surface area (Å²) >= 11 is 0. The van der Waals surface area contributed by atoms with E-state index in [0.717, 1.165) is 12.0 Å². The van der Waals surface area contributed by atoms with E-state index in [0.29, 0.717) is 13.0 Å². The molecule has 1 N–H and O–H groups in total. The summed E-state index contributed by atoms with van der Waals surface area (Å²) in [5, 5.41) is 9.33. The minimum atomic E-state index is -0.468. The van der Waals surface area contributed by atoms with E-state index in [-0.39, 0.29) is 11.9 Å². The van der Waals surface area contributed by atoms with Crippen molar-refractivity contribution in [1.82, 2.24) is 0 Å². The number of aliphatic hydroxyl groups is 1. The van der Waals surface area contributed by atoms with Gasteiger partial charge in [0.1, 0.15) is 0 Å². The first-order valence-electron chi connectivity index (χ1n) is 4.74. The largest absolute Gasteiger partial charge is 0.466 e. The van der Waals surface area contributed by atoms with Crippen LogP contribution >= 0.6 is 0 Å². The Labute approximate surface area is 78.4 Å². The van der Waals surface area contributed by atoms with Crippen LogP contribution in [-0.4, -0.2) is 23.8 Å². The molecule has 0 amide bonds. The van der Waals surface area contributed by atoms with Crippen LogP contribution in [0.25, 0.3) is 0 Å². The molecule has 0 bridgehead atoms. The molecule has 74 valence electrons. The summed E-state index contributed by atoms with van der Waals surface area (Å²) in [5.74, 6) is -0.410. The molecule has 0 saturated heterocycles. The molecule has 3 heteroatoms. The van der Waals surface area contributed by atoms with Crippen molar-refractivity contribution in [3.05, 3.63) is 11.6 Å². The number of hydrogen-bond donors (Lipinski definition) is 1. The smallest absolute Gasteiger partial charge is 0.313 e. The standard InChI is InChI=1S/C10H16O3/c1-3-7-5-8(11)6-9(7)10(12)13-4-2/h5,8-9,11H,3-4,6H2,1-2H3. The lowest BCUT2D eigenvalue weighted by Crippen LogP contribution is -2.18. The van der Waals surface area contributed by atoms with Gasteiger partial charge in [0, 0.05) is 0 Å². The van der Waals surface area contributed by atoms with Gasteiger partial charge in [0.2, 0.25) is 0 Å². The minimum Gasteiger partial charge on any atom is -0.466 e. The molecule has 0 saturated carbocycles. The Morgan fingerprint density at radius 3 is 2.92 bits per heavy atom. The van der Waals surface area contributed by atoms with E-state index in [2.05, 4.69) is 0 Å². The Hall–Kier alpha value is -0.830. The second-order valence-corrected chi connectivity index (χ2v) is 3.20. The Morgan fingerprint density at radius 1 is 1.69 bits per heavy atom. The molecule has 13 heavy (non-hydrogen) atoms. The Morgan fingerprint density at radius 2 is 2.38 bits per heavy atom. The van der Waals surface area contributed by atoms with Gasteiger partial charge in [-0.05, 0) is 19.8 Å². The fraction of sp³-hybridized carbons (Fsp3) is 0.700. The number of esters is 1. The lowest BCUT2D eigenvalue weighted by atomic mass is 10.00. The van der Waals surface area contributed by atoms with Crippen LogP contribution in [0.1, 0.15) is 26.7 Å². The fourth-order valence-corrected chi connectivity index (χ4v) is 1.68. The van der Waals surface area contributed by atoms with Crippen molar-refractivity contribution in [2.45, 2.75) is 32.8 Å². The molecule has 0 aromatic carbocycles. The lowest BCUT2D eigenvalue weighted by molar-refractivity contribution is -0.147. The van der Waals surface area contributed by atoms with E-state index < -0.39 is 6.10 Å². The highest BCUT2D eigenvalue weighted by atomic mass is 16.5. The van der Waals surface area contributed by atoms with Crippen LogP contribution < -0.4 is 0 Å². The van der Waals surface area contributed by atoms with Crippen LogP contribution in [0.5, 0.6) is 0 Å². The molecule has 1 aliphatic rings. The average molecular weight is 184 g/mol. The third kappa shape index (κ3) is 2.31. The van der Waals surface area contributed by atoms with E-state index in [4.69, 9.17) is 4.74 Å². The molecule has 0 spiro atoms. The van der Waals surface area contributed by atoms with Crippen molar-refractivity contribution in [2.24, 2.45) is 5.92 Å². The summed E-state index contributed by atoms with van der Waals surface area (Å²) < 4.78 is 4.92. The summed E-state index contributed by atoms with van der Waals surface area (Å²) in [7, 11) is 0. The maximum Gasteiger partial charge on any atom is 0.313 e. The first-order valence-corrected chi connectivity index (χ1v) is 4.74. The van der Waals surface area contributed by atoms with E-state index >= 15 is 0 Å².